The highest BCUT2D eigenvalue weighted by Crippen LogP contribution is 2.47. The Balaban J connectivity index is 1.46. The van der Waals surface area contributed by atoms with Crippen LogP contribution in [0, 0.1) is 13.8 Å². The zero-order chi connectivity index (χ0) is 28.6. The number of rotatable bonds is 9. The third kappa shape index (κ3) is 6.07. The van der Waals surface area contributed by atoms with Gasteiger partial charge in [-0.25, -0.2) is 19.3 Å². The molecule has 0 spiro atoms. The number of aliphatic hydroxyl groups is 1. The minimum Gasteiger partial charge on any atom is -0.394 e. The highest BCUT2D eigenvalue weighted by Gasteiger charge is 2.43. The monoisotopic (exact) mass is 571 g/mol. The molecule has 7 atom stereocenters. The maximum absolute atomic E-state index is 13.8. The van der Waals surface area contributed by atoms with E-state index in [0.717, 1.165) is 0 Å². The summed E-state index contributed by atoms with van der Waals surface area (Å²) in [7, 11) is -0.643. The molecule has 2 aromatic heterocycles. The molecule has 39 heavy (non-hydrogen) atoms. The van der Waals surface area contributed by atoms with Crippen molar-refractivity contribution < 1.29 is 23.7 Å². The van der Waals surface area contributed by atoms with Crippen molar-refractivity contribution in [1.82, 2.24) is 28.9 Å². The molecule has 6 N–H and O–H groups in total. The number of aliphatic hydroxyl groups excluding tert-OH is 1. The van der Waals surface area contributed by atoms with Crippen LogP contribution in [0.15, 0.2) is 31.6 Å². The average Bonchev–Trinajstić information content (AvgIpc) is 3.44. The fraction of sp³-hybridized carbons (Fsp3) is 0.636. The van der Waals surface area contributed by atoms with Crippen LogP contribution in [0.25, 0.3) is 0 Å². The van der Waals surface area contributed by atoms with Gasteiger partial charge in [0.1, 0.15) is 12.5 Å². The predicted octanol–water partition coefficient (Wildman–Crippen LogP) is -1.76. The molecule has 7 unspecified atom stereocenters. The summed E-state index contributed by atoms with van der Waals surface area (Å²) in [6.45, 7) is 2.50. The molecule has 2 aliphatic heterocycles. The number of nitrogens with two attached hydrogens (primary N) is 1. The second kappa shape index (κ2) is 11.4. The Morgan fingerprint density at radius 2 is 1.54 bits per heavy atom. The summed E-state index contributed by atoms with van der Waals surface area (Å²) < 4.78 is 35.2. The van der Waals surface area contributed by atoms with Gasteiger partial charge in [-0.05, 0) is 27.9 Å². The Bertz CT molecular complexity index is 1480. The van der Waals surface area contributed by atoms with Crippen LogP contribution in [0.5, 0.6) is 0 Å². The summed E-state index contributed by atoms with van der Waals surface area (Å²) in [6, 6.07) is -1.23. The zero-order valence-electron chi connectivity index (χ0n) is 22.0. The van der Waals surface area contributed by atoms with Gasteiger partial charge in [0.05, 0.1) is 25.4 Å². The molecule has 16 nitrogen and oxygen atoms in total. The summed E-state index contributed by atoms with van der Waals surface area (Å²) in [6.07, 6.45) is 0.0632. The molecule has 2 aromatic rings. The molecule has 0 aliphatic carbocycles. The molecule has 17 heteroatoms. The van der Waals surface area contributed by atoms with Crippen LogP contribution in [0.3, 0.4) is 0 Å². The maximum Gasteiger partial charge on any atom is 0.343 e. The van der Waals surface area contributed by atoms with E-state index in [0.29, 0.717) is 11.1 Å². The Labute approximate surface area is 222 Å². The number of ether oxygens (including phenoxy) is 2. The largest absolute Gasteiger partial charge is 0.394 e. The molecular weight excluding hydrogens is 537 g/mol. The minimum absolute atomic E-state index is 0.147. The summed E-state index contributed by atoms with van der Waals surface area (Å²) in [4.78, 5) is 52.5. The second-order valence-corrected chi connectivity index (χ2v) is 12.3. The SMILES string of the molecule is Cc1cn(C2CC(N)C(COP(=O)(NC3CC(n4cc(C)c(=O)[nH]c4=O)OC3CO)N(C)C)O2)c(=O)[nH]c1=O. The number of aromatic amines is 2. The van der Waals surface area contributed by atoms with Gasteiger partial charge >= 0.3 is 19.0 Å². The fourth-order valence-electron chi connectivity index (χ4n) is 4.54. The van der Waals surface area contributed by atoms with Gasteiger partial charge in [0.15, 0.2) is 0 Å². The number of hydrogen-bond donors (Lipinski definition) is 5. The van der Waals surface area contributed by atoms with Gasteiger partial charge in [0.25, 0.3) is 11.1 Å². The van der Waals surface area contributed by atoms with Crippen LogP contribution < -0.4 is 33.3 Å². The Hall–Kier alpha value is -2.69. The van der Waals surface area contributed by atoms with E-state index in [2.05, 4.69) is 15.1 Å². The zero-order valence-corrected chi connectivity index (χ0v) is 22.9. The van der Waals surface area contributed by atoms with Crippen LogP contribution in [-0.2, 0) is 18.6 Å². The Morgan fingerprint density at radius 1 is 1.03 bits per heavy atom. The first-order valence-corrected chi connectivity index (χ1v) is 13.9. The van der Waals surface area contributed by atoms with E-state index >= 15 is 0 Å². The van der Waals surface area contributed by atoms with Gasteiger partial charge in [-0.3, -0.25) is 33.3 Å². The van der Waals surface area contributed by atoms with Crippen molar-refractivity contribution in [2.24, 2.45) is 5.73 Å². The van der Waals surface area contributed by atoms with Crippen LogP contribution in [-0.4, -0.2) is 80.5 Å². The highest BCUT2D eigenvalue weighted by molar-refractivity contribution is 7.54. The summed E-state index contributed by atoms with van der Waals surface area (Å²) in [5.74, 6) is 0. The van der Waals surface area contributed by atoms with E-state index < -0.39 is 73.5 Å². The van der Waals surface area contributed by atoms with Crippen molar-refractivity contribution in [2.75, 3.05) is 27.3 Å². The second-order valence-electron chi connectivity index (χ2n) is 9.93. The number of aryl methyl sites for hydroxylation is 2. The lowest BCUT2D eigenvalue weighted by Crippen LogP contribution is -2.41. The predicted molar refractivity (Wildman–Crippen MR) is 138 cm³/mol. The first-order valence-electron chi connectivity index (χ1n) is 12.3. The van der Waals surface area contributed by atoms with Crippen molar-refractivity contribution in [2.45, 2.75) is 63.4 Å². The Morgan fingerprint density at radius 3 is 2.05 bits per heavy atom. The molecule has 0 amide bonds. The normalized spacial score (nSPS) is 28.7. The van der Waals surface area contributed by atoms with Gasteiger partial charge in [0, 0.05) is 48.4 Å². The van der Waals surface area contributed by atoms with Crippen molar-refractivity contribution >= 4 is 7.67 Å². The standard InChI is InChI=1S/C22H34N7O9P/c1-11-7-28(21(33)24-19(11)31)17-5-13(23)16(38-17)10-36-39(35,27(3)4)26-14-6-18(37-15(14)9-30)29-8-12(2)20(32)25-22(29)34/h7-8,13-18,30H,5-6,9-10,23H2,1-4H3,(H,26,35)(H,24,31,33)(H,25,32,34). The summed E-state index contributed by atoms with van der Waals surface area (Å²) in [5, 5.41) is 12.8. The first-order chi connectivity index (χ1) is 18.3. The van der Waals surface area contributed by atoms with Gasteiger partial charge in [-0.1, -0.05) is 0 Å². The molecule has 2 aliphatic rings. The molecule has 4 heterocycles. The molecule has 216 valence electrons. The van der Waals surface area contributed by atoms with Crippen LogP contribution >= 0.6 is 7.67 Å². The number of hydrogen-bond acceptors (Lipinski definition) is 10. The Kier molecular flexibility index (Phi) is 8.58. The third-order valence-corrected chi connectivity index (χ3v) is 9.09. The van der Waals surface area contributed by atoms with Crippen LogP contribution in [0.1, 0.15) is 36.4 Å². The van der Waals surface area contributed by atoms with E-state index in [1.165, 1.54) is 26.2 Å². The summed E-state index contributed by atoms with van der Waals surface area (Å²) >= 11 is 0. The van der Waals surface area contributed by atoms with Gasteiger partial charge in [-0.2, -0.15) is 0 Å². The number of aromatic nitrogens is 4. The van der Waals surface area contributed by atoms with Crippen molar-refractivity contribution in [3.05, 3.63) is 65.2 Å². The van der Waals surface area contributed by atoms with Gasteiger partial charge < -0.3 is 24.8 Å². The molecule has 0 aromatic carbocycles. The molecule has 0 saturated carbocycles. The van der Waals surface area contributed by atoms with E-state index in [-0.39, 0.29) is 19.4 Å². The number of H-pyrrole nitrogens is 2. The molecule has 0 radical (unpaired) electrons. The lowest BCUT2D eigenvalue weighted by molar-refractivity contribution is -0.0295. The van der Waals surface area contributed by atoms with Crippen LogP contribution in [0.4, 0.5) is 0 Å². The molecular formula is C22H34N7O9P. The lowest BCUT2D eigenvalue weighted by atomic mass is 10.1. The lowest BCUT2D eigenvalue weighted by Gasteiger charge is -2.30. The highest BCUT2D eigenvalue weighted by atomic mass is 31.2. The molecule has 0 bridgehead atoms. The van der Waals surface area contributed by atoms with Gasteiger partial charge in [-0.15, -0.1) is 0 Å². The number of nitrogens with zero attached hydrogens (tertiary/aromatic N) is 3. The van der Waals surface area contributed by atoms with E-state index in [1.807, 2.05) is 0 Å². The number of nitrogens with one attached hydrogen (secondary N) is 3. The quantitative estimate of drug-likeness (QED) is 0.212. The molecule has 2 saturated heterocycles. The van der Waals surface area contributed by atoms with Gasteiger partial charge in [0.2, 0.25) is 0 Å². The van der Waals surface area contributed by atoms with E-state index in [1.54, 1.807) is 27.9 Å². The minimum atomic E-state index is -3.74. The topological polar surface area (TPSA) is 216 Å². The van der Waals surface area contributed by atoms with Crippen LogP contribution in [0.2, 0.25) is 0 Å². The van der Waals surface area contributed by atoms with Crippen molar-refractivity contribution in [3.63, 3.8) is 0 Å². The van der Waals surface area contributed by atoms with Crippen molar-refractivity contribution in [3.8, 4) is 0 Å². The average molecular weight is 572 g/mol. The van der Waals surface area contributed by atoms with E-state index in [4.69, 9.17) is 19.7 Å². The first kappa shape index (κ1) is 29.3. The third-order valence-electron chi connectivity index (χ3n) is 6.88. The fourth-order valence-corrected chi connectivity index (χ4v) is 6.12. The summed E-state index contributed by atoms with van der Waals surface area (Å²) in [5.41, 5.74) is 4.57. The maximum atomic E-state index is 13.8. The van der Waals surface area contributed by atoms with E-state index in [9.17, 15) is 28.8 Å². The smallest absolute Gasteiger partial charge is 0.343 e. The molecule has 2 fully saturated rings. The molecule has 4 rings (SSSR count). The van der Waals surface area contributed by atoms with Crippen molar-refractivity contribution in [1.29, 1.82) is 0 Å².